The molecule has 5 aromatic carbocycles. The molecular weight excluding hydrogens is 1670 g/mol. The number of hydrogen-bond acceptors (Lipinski definition) is 24. The monoisotopic (exact) mass is 1800 g/mol. The number of cyclic esters (lactones) is 1. The Kier molecular flexibility index (Phi) is 36.2. The first-order chi connectivity index (χ1) is 60.2. The molecule has 5 aromatic rings. The number of benzene rings is 5. The normalized spacial score (nSPS) is 19.1. The minimum absolute atomic E-state index is 0.107. The third-order valence-electron chi connectivity index (χ3n) is 24.2. The fraction of sp³-hybridized carbons (Fsp3) is 0.579. The van der Waals surface area contributed by atoms with Crippen LogP contribution >= 0.6 is 0 Å². The zero-order valence-corrected chi connectivity index (χ0v) is 78.2. The second-order valence-electron chi connectivity index (χ2n) is 35.5. The van der Waals surface area contributed by atoms with Crippen molar-refractivity contribution in [1.29, 1.82) is 0 Å². The summed E-state index contributed by atoms with van der Waals surface area (Å²) in [7, 11) is -2.75. The molecule has 6 amide bonds. The Hall–Kier alpha value is -10.2. The van der Waals surface area contributed by atoms with Crippen LogP contribution in [0.3, 0.4) is 0 Å². The van der Waals surface area contributed by atoms with Crippen molar-refractivity contribution in [2.45, 2.75) is 301 Å². The summed E-state index contributed by atoms with van der Waals surface area (Å²) in [6.07, 6.45) is 23.7. The lowest BCUT2D eigenvalue weighted by Crippen LogP contribution is -2.62. The Morgan fingerprint density at radius 2 is 0.913 bits per heavy atom. The van der Waals surface area contributed by atoms with Gasteiger partial charge < -0.3 is 59.2 Å². The van der Waals surface area contributed by atoms with Gasteiger partial charge >= 0.3 is 18.0 Å². The van der Waals surface area contributed by atoms with Gasteiger partial charge in [-0.25, -0.2) is 26.5 Å². The van der Waals surface area contributed by atoms with Crippen LogP contribution in [-0.2, 0) is 67.7 Å². The predicted octanol–water partition coefficient (Wildman–Crippen LogP) is 16.4. The number of amides is 6. The van der Waals surface area contributed by atoms with Gasteiger partial charge in [0, 0.05) is 44.6 Å². The molecule has 2 aliphatic carbocycles. The first-order valence-corrected chi connectivity index (χ1v) is 48.7. The number of likely N-dealkylation sites (N-methyl/N-ethyl adjacent to an activating group) is 2. The van der Waals surface area contributed by atoms with E-state index in [0.717, 1.165) is 82.8 Å². The number of likely N-dealkylation sites (tertiary alicyclic amines) is 2. The van der Waals surface area contributed by atoms with Gasteiger partial charge in [0.05, 0.1) is 52.5 Å². The van der Waals surface area contributed by atoms with Crippen LogP contribution in [0.15, 0.2) is 95.9 Å². The largest absolute Gasteiger partial charge is 0.495 e. The number of fused-ring (bicyclic) bond motifs is 4. The predicted molar refractivity (Wildman–Crippen MR) is 485 cm³/mol. The van der Waals surface area contributed by atoms with E-state index in [1.54, 1.807) is 88.4 Å². The van der Waals surface area contributed by atoms with Gasteiger partial charge in [0.25, 0.3) is 29.5 Å². The minimum atomic E-state index is -3.99. The Morgan fingerprint density at radius 3 is 1.31 bits per heavy atom. The molecule has 0 radical (unpaired) electrons. The van der Waals surface area contributed by atoms with E-state index in [4.69, 9.17) is 37.9 Å². The van der Waals surface area contributed by atoms with E-state index in [1.165, 1.54) is 136 Å². The molecule has 8 atom stereocenters. The summed E-state index contributed by atoms with van der Waals surface area (Å²) < 4.78 is 98.6. The third kappa shape index (κ3) is 27.7. The summed E-state index contributed by atoms with van der Waals surface area (Å²) in [5.41, 5.74) is -1.77. The average molecular weight is 1800 g/mol. The zero-order chi connectivity index (χ0) is 92.7. The summed E-state index contributed by atoms with van der Waals surface area (Å²) >= 11 is 0. The summed E-state index contributed by atoms with van der Waals surface area (Å²) in [6, 6.07) is 21.0. The van der Waals surface area contributed by atoms with Crippen LogP contribution in [0.2, 0.25) is 0 Å². The second kappa shape index (κ2) is 45.7. The first-order valence-electron chi connectivity index (χ1n) is 44.9. The van der Waals surface area contributed by atoms with E-state index in [9.17, 15) is 64.8 Å². The van der Waals surface area contributed by atoms with E-state index in [1.807, 2.05) is 23.9 Å². The number of anilines is 5. The van der Waals surface area contributed by atoms with Gasteiger partial charge in [0.2, 0.25) is 21.9 Å². The number of Topliss-reactive ketones (excluding diaryl/α,β-unsaturated/α-hetero) is 2. The molecule has 4 bridgehead atoms. The van der Waals surface area contributed by atoms with Crippen molar-refractivity contribution < 1.29 is 103 Å². The van der Waals surface area contributed by atoms with Crippen molar-refractivity contribution in [3.8, 4) is 40.2 Å². The van der Waals surface area contributed by atoms with Gasteiger partial charge in [0.1, 0.15) is 40.2 Å². The van der Waals surface area contributed by atoms with Gasteiger partial charge in [-0.15, -0.1) is 0 Å². The number of nitrogens with one attached hydrogen (secondary N) is 5. The topological polar surface area (TPSA) is 383 Å². The van der Waals surface area contributed by atoms with Gasteiger partial charge in [0.15, 0.2) is 39.5 Å². The number of unbranched alkanes of at least 4 members (excludes halogenated alkanes) is 18. The van der Waals surface area contributed by atoms with Gasteiger partial charge in [-0.05, 0) is 234 Å². The van der Waals surface area contributed by atoms with Crippen molar-refractivity contribution in [2.24, 2.45) is 11.8 Å². The number of methoxy groups -OCH3 is 1. The summed E-state index contributed by atoms with van der Waals surface area (Å²) in [5.74, 6) is -3.14. The van der Waals surface area contributed by atoms with Crippen LogP contribution in [0.5, 0.6) is 40.2 Å². The average Bonchev–Trinajstić information content (AvgIpc) is 1.58. The third-order valence-corrected chi connectivity index (χ3v) is 25.9. The number of sulfonamides is 1. The SMILES string of the molecule is CCCCCCCCCCCCC(Oc1ccc(OC(C)=O)c(C)c1)C(=O)Nc1ccc(OC(C)C)c(NC(=O)C(Oc2ccc(S(C)(=O)=O)cc2NS(C)(=O)=O)C(=O)C23CCC(CN2C)C3)c1.CCCCCCCCCCCCC(Oc1ccc(OC(C)=O)c(C)c1)C(=O)Nc1ccc(OC)c(NC(=O)C(C(=O)C23CCC(CN2C)C3)N2C(=O)OC(C)(C)C2=O)c1. The van der Waals surface area contributed by atoms with Gasteiger partial charge in [-0.1, -0.05) is 129 Å². The minimum Gasteiger partial charge on any atom is -0.495 e. The number of imide groups is 1. The molecule has 2 saturated carbocycles. The number of sulfone groups is 1. The molecule has 0 aromatic heterocycles. The van der Waals surface area contributed by atoms with E-state index >= 15 is 0 Å². The number of nitrogens with zero attached hydrogens (tertiary/aromatic N) is 3. The van der Waals surface area contributed by atoms with Crippen molar-refractivity contribution in [3.63, 3.8) is 0 Å². The molecular formula is C95H132N8O22S2. The quantitative estimate of drug-likeness (QED) is 0.0104. The number of esters is 2. The molecule has 30 nitrogen and oxygen atoms in total. The van der Waals surface area contributed by atoms with Crippen molar-refractivity contribution in [1.82, 2.24) is 14.7 Å². The van der Waals surface area contributed by atoms with Crippen LogP contribution in [0.25, 0.3) is 0 Å². The zero-order valence-electron chi connectivity index (χ0n) is 76.6. The summed E-state index contributed by atoms with van der Waals surface area (Å²) in [6.45, 7) is 18.4. The first kappa shape index (κ1) is 101. The fourth-order valence-corrected chi connectivity index (χ4v) is 18.8. The highest BCUT2D eigenvalue weighted by Gasteiger charge is 2.62. The maximum absolute atomic E-state index is 14.8. The Labute approximate surface area is 748 Å². The van der Waals surface area contributed by atoms with E-state index in [0.29, 0.717) is 96.3 Å². The maximum Gasteiger partial charge on any atom is 0.418 e. The highest BCUT2D eigenvalue weighted by atomic mass is 32.2. The number of rotatable bonds is 49. The van der Waals surface area contributed by atoms with Gasteiger partial charge in [-0.3, -0.25) is 57.7 Å². The molecule has 0 spiro atoms. The number of hydrogen-bond donors (Lipinski definition) is 5. The second-order valence-corrected chi connectivity index (χ2v) is 39.2. The van der Waals surface area contributed by atoms with Crippen molar-refractivity contribution in [3.05, 3.63) is 102 Å². The van der Waals surface area contributed by atoms with Gasteiger partial charge in [-0.2, -0.15) is 0 Å². The maximum atomic E-state index is 14.8. The van der Waals surface area contributed by atoms with E-state index in [-0.39, 0.29) is 62.8 Å². The number of aryl methyl sites for hydroxylation is 2. The standard InChI is InChI=1S/C50H70N4O12S2.C45H62N4O10/c1-9-10-11-12-13-14-15-16-17-18-19-45(65-38-21-24-42(34(4)28-38)64-35(5)55)48(57)51-37-20-23-43(63-33(2)3)40(29-37)52-49(58)46(47(56)50-27-26-36(31-50)32-54(50)6)66-44-25-22-39(67(7,59)60)30-41(44)53-68(8,61)62;1-8-9-10-11-12-13-14-15-16-17-18-37(58-33-20-22-35(29(2)25-33)57-30(3)50)40(52)46-32-19-21-36(56-7)34(26-32)47-41(53)38(49-42(54)44(4,5)59-43(49)55)39(51)45-24-23-31(27-45)28-48(45)6/h20-25,28-30,33,36,45-46,53H,9-19,26-27,31-32H2,1-8H3,(H,51,57)(H,52,58);19-22,25-26,31,37-38H,8-18,23-24,27-28H2,1-7H3,(H,46,52)(H,47,53). The molecule has 3 aliphatic heterocycles. The molecule has 3 saturated heterocycles. The molecule has 8 unspecified atom stereocenters. The molecule has 5 aliphatic rings. The lowest BCUT2D eigenvalue weighted by molar-refractivity contribution is -0.147. The van der Waals surface area contributed by atoms with Crippen LogP contribution in [-0.4, -0.2) is 185 Å². The molecule has 32 heteroatoms. The van der Waals surface area contributed by atoms with E-state index in [2.05, 4.69) is 39.8 Å². The smallest absolute Gasteiger partial charge is 0.418 e. The van der Waals surface area contributed by atoms with Crippen LogP contribution < -0.4 is 59.1 Å². The molecule has 3 heterocycles. The number of carbonyl (C=O) groups is 10. The van der Waals surface area contributed by atoms with Crippen molar-refractivity contribution >= 4 is 107 Å². The highest BCUT2D eigenvalue weighted by molar-refractivity contribution is 7.92. The Balaban J connectivity index is 0.000000290. The highest BCUT2D eigenvalue weighted by Crippen LogP contribution is 2.50. The number of carbonyl (C=O) groups excluding carboxylic acids is 10. The van der Waals surface area contributed by atoms with Crippen LogP contribution in [0.1, 0.15) is 246 Å². The lowest BCUT2D eigenvalue weighted by Gasteiger charge is -2.38. The van der Waals surface area contributed by atoms with E-state index < -0.39 is 120 Å². The van der Waals surface area contributed by atoms with Crippen LogP contribution in [0, 0.1) is 25.7 Å². The fourth-order valence-electron chi connectivity index (χ4n) is 17.6. The summed E-state index contributed by atoms with van der Waals surface area (Å²) in [4.78, 5) is 141. The Bertz CT molecular complexity index is 4980. The number of ether oxygens (including phenoxy) is 8. The molecule has 696 valence electrons. The lowest BCUT2D eigenvalue weighted by atomic mass is 9.86. The van der Waals surface area contributed by atoms with Crippen molar-refractivity contribution in [2.75, 3.05) is 72.8 Å². The molecule has 127 heavy (non-hydrogen) atoms. The number of piperidine rings is 2. The Morgan fingerprint density at radius 1 is 0.496 bits per heavy atom. The molecule has 5 N–H and O–H groups in total. The summed E-state index contributed by atoms with van der Waals surface area (Å²) in [5, 5.41) is 11.4. The molecule has 5 fully saturated rings. The number of ketones is 2. The van der Waals surface area contributed by atoms with Crippen LogP contribution in [0.4, 0.5) is 33.2 Å². The molecule has 10 rings (SSSR count).